The highest BCUT2D eigenvalue weighted by atomic mass is 16.5. The molecular weight excluding hydrogens is 240 g/mol. The smallest absolute Gasteiger partial charge is 0.137 e. The molecule has 0 spiro atoms. The monoisotopic (exact) mass is 264 g/mol. The van der Waals surface area contributed by atoms with Crippen LogP contribution in [0.5, 0.6) is 5.75 Å². The maximum atomic E-state index is 6.47. The van der Waals surface area contributed by atoms with E-state index in [1.165, 1.54) is 12.8 Å². The van der Waals surface area contributed by atoms with Gasteiger partial charge >= 0.3 is 0 Å². The van der Waals surface area contributed by atoms with Crippen molar-refractivity contribution in [2.45, 2.75) is 51.2 Å². The predicted molar refractivity (Wildman–Crippen MR) is 75.2 cm³/mol. The highest BCUT2D eigenvalue weighted by Gasteiger charge is 2.41. The molecule has 4 heteroatoms. The summed E-state index contributed by atoms with van der Waals surface area (Å²) in [5.41, 5.74) is 7.25. The molecule has 1 fully saturated rings. The number of ether oxygens (including phenoxy) is 2. The van der Waals surface area contributed by atoms with E-state index < -0.39 is 0 Å². The van der Waals surface area contributed by atoms with Gasteiger partial charge in [0.15, 0.2) is 0 Å². The van der Waals surface area contributed by atoms with Crippen LogP contribution in [-0.2, 0) is 4.74 Å². The van der Waals surface area contributed by atoms with E-state index in [4.69, 9.17) is 15.2 Å². The van der Waals surface area contributed by atoms with E-state index in [0.29, 0.717) is 13.2 Å². The zero-order valence-corrected chi connectivity index (χ0v) is 11.9. The van der Waals surface area contributed by atoms with Crippen molar-refractivity contribution in [1.29, 1.82) is 0 Å². The molecule has 2 rings (SSSR count). The lowest BCUT2D eigenvalue weighted by Crippen LogP contribution is -2.41. The van der Waals surface area contributed by atoms with Crippen LogP contribution in [0.15, 0.2) is 18.5 Å². The van der Waals surface area contributed by atoms with E-state index in [2.05, 4.69) is 4.98 Å². The van der Waals surface area contributed by atoms with Crippen molar-refractivity contribution in [2.75, 3.05) is 13.2 Å². The van der Waals surface area contributed by atoms with E-state index in [-0.39, 0.29) is 11.6 Å². The summed E-state index contributed by atoms with van der Waals surface area (Å²) in [5.74, 6) is 0.778. The topological polar surface area (TPSA) is 57.4 Å². The minimum absolute atomic E-state index is 0.136. The quantitative estimate of drug-likeness (QED) is 0.858. The van der Waals surface area contributed by atoms with Gasteiger partial charge in [-0.2, -0.15) is 0 Å². The van der Waals surface area contributed by atoms with Gasteiger partial charge in [-0.3, -0.25) is 4.98 Å². The number of pyridine rings is 1. The Morgan fingerprint density at radius 3 is 2.63 bits per heavy atom. The Balaban J connectivity index is 2.21. The standard InChI is InChI=1S/C15H24N2O2/c1-3-18-13-9-12(10-17-11-13)14(16)15(19-4-2)7-5-6-8-15/h9-11,14H,3-8,16H2,1-2H3. The van der Waals surface area contributed by atoms with Crippen LogP contribution in [0.3, 0.4) is 0 Å². The van der Waals surface area contributed by atoms with E-state index >= 15 is 0 Å². The second-order valence-corrected chi connectivity index (χ2v) is 5.07. The van der Waals surface area contributed by atoms with Gasteiger partial charge in [-0.1, -0.05) is 12.8 Å². The summed E-state index contributed by atoms with van der Waals surface area (Å²) in [6.45, 7) is 5.33. The number of hydrogen-bond donors (Lipinski definition) is 1. The largest absolute Gasteiger partial charge is 0.492 e. The minimum atomic E-state index is -0.221. The van der Waals surface area contributed by atoms with Crippen LogP contribution in [0.1, 0.15) is 51.1 Å². The fourth-order valence-corrected chi connectivity index (χ4v) is 2.96. The molecule has 1 saturated carbocycles. The van der Waals surface area contributed by atoms with Crippen LogP contribution in [0.25, 0.3) is 0 Å². The van der Waals surface area contributed by atoms with Crippen LogP contribution in [-0.4, -0.2) is 23.8 Å². The zero-order valence-electron chi connectivity index (χ0n) is 11.9. The molecule has 1 aliphatic carbocycles. The molecule has 0 radical (unpaired) electrons. The molecule has 1 heterocycles. The molecular formula is C15H24N2O2. The predicted octanol–water partition coefficient (Wildman–Crippen LogP) is 2.83. The molecule has 0 amide bonds. The summed E-state index contributed by atoms with van der Waals surface area (Å²) < 4.78 is 11.5. The Kier molecular flexibility index (Phi) is 4.77. The average molecular weight is 264 g/mol. The Morgan fingerprint density at radius 2 is 2.00 bits per heavy atom. The van der Waals surface area contributed by atoms with E-state index in [9.17, 15) is 0 Å². The van der Waals surface area contributed by atoms with Crippen molar-refractivity contribution in [2.24, 2.45) is 5.73 Å². The molecule has 2 N–H and O–H groups in total. The molecule has 0 saturated heterocycles. The summed E-state index contributed by atoms with van der Waals surface area (Å²) in [6.07, 6.45) is 7.98. The van der Waals surface area contributed by atoms with Gasteiger partial charge in [0, 0.05) is 12.8 Å². The zero-order chi connectivity index (χ0) is 13.7. The molecule has 1 aromatic rings. The lowest BCUT2D eigenvalue weighted by molar-refractivity contribution is -0.0537. The molecule has 4 nitrogen and oxygen atoms in total. The molecule has 1 unspecified atom stereocenters. The van der Waals surface area contributed by atoms with Gasteiger partial charge in [-0.15, -0.1) is 0 Å². The summed E-state index contributed by atoms with van der Waals surface area (Å²) >= 11 is 0. The molecule has 106 valence electrons. The first-order chi connectivity index (χ1) is 9.22. The van der Waals surface area contributed by atoms with E-state index in [0.717, 1.165) is 24.2 Å². The van der Waals surface area contributed by atoms with Crippen LogP contribution in [0, 0.1) is 0 Å². The number of rotatable bonds is 6. The Labute approximate surface area is 115 Å². The van der Waals surface area contributed by atoms with Crippen molar-refractivity contribution in [1.82, 2.24) is 4.98 Å². The molecule has 0 aliphatic heterocycles. The Hall–Kier alpha value is -1.13. The molecule has 19 heavy (non-hydrogen) atoms. The summed E-state index contributed by atoms with van der Waals surface area (Å²) in [6, 6.07) is 1.85. The van der Waals surface area contributed by atoms with Gasteiger partial charge in [-0.25, -0.2) is 0 Å². The minimum Gasteiger partial charge on any atom is -0.492 e. The van der Waals surface area contributed by atoms with Crippen LogP contribution in [0.4, 0.5) is 0 Å². The molecule has 0 bridgehead atoms. The average Bonchev–Trinajstić information content (AvgIpc) is 2.89. The normalized spacial score (nSPS) is 19.3. The van der Waals surface area contributed by atoms with Crippen LogP contribution < -0.4 is 10.5 Å². The lowest BCUT2D eigenvalue weighted by atomic mass is 9.88. The second kappa shape index (κ2) is 6.35. The number of aromatic nitrogens is 1. The summed E-state index contributed by atoms with van der Waals surface area (Å²) in [7, 11) is 0. The van der Waals surface area contributed by atoms with Gasteiger partial charge in [0.05, 0.1) is 24.4 Å². The maximum Gasteiger partial charge on any atom is 0.137 e. The van der Waals surface area contributed by atoms with Crippen LogP contribution >= 0.6 is 0 Å². The van der Waals surface area contributed by atoms with E-state index in [1.807, 2.05) is 26.1 Å². The fourth-order valence-electron chi connectivity index (χ4n) is 2.96. The number of nitrogens with two attached hydrogens (primary N) is 1. The Morgan fingerprint density at radius 1 is 1.26 bits per heavy atom. The molecule has 1 atom stereocenters. The highest BCUT2D eigenvalue weighted by molar-refractivity contribution is 5.28. The van der Waals surface area contributed by atoms with Crippen molar-refractivity contribution >= 4 is 0 Å². The first-order valence-electron chi connectivity index (χ1n) is 7.19. The molecule has 1 aromatic heterocycles. The second-order valence-electron chi connectivity index (χ2n) is 5.07. The van der Waals surface area contributed by atoms with Crippen molar-refractivity contribution in [3.63, 3.8) is 0 Å². The third-order valence-electron chi connectivity index (χ3n) is 3.85. The van der Waals surface area contributed by atoms with Gasteiger partial charge in [0.1, 0.15) is 5.75 Å². The Bertz CT molecular complexity index is 403. The van der Waals surface area contributed by atoms with Gasteiger partial charge in [-0.05, 0) is 38.3 Å². The fraction of sp³-hybridized carbons (Fsp3) is 0.667. The van der Waals surface area contributed by atoms with Crippen molar-refractivity contribution < 1.29 is 9.47 Å². The summed E-state index contributed by atoms with van der Waals surface area (Å²) in [5, 5.41) is 0. The molecule has 1 aliphatic rings. The SMILES string of the molecule is CCOc1cncc(C(N)C2(OCC)CCCC2)c1. The number of hydrogen-bond acceptors (Lipinski definition) is 4. The third-order valence-corrected chi connectivity index (χ3v) is 3.85. The first-order valence-corrected chi connectivity index (χ1v) is 7.19. The highest BCUT2D eigenvalue weighted by Crippen LogP contribution is 2.41. The third kappa shape index (κ3) is 3.07. The summed E-state index contributed by atoms with van der Waals surface area (Å²) in [4.78, 5) is 4.23. The lowest BCUT2D eigenvalue weighted by Gasteiger charge is -2.35. The van der Waals surface area contributed by atoms with E-state index in [1.54, 1.807) is 6.20 Å². The number of nitrogens with zero attached hydrogens (tertiary/aromatic N) is 1. The first kappa shape index (κ1) is 14.3. The maximum absolute atomic E-state index is 6.47. The van der Waals surface area contributed by atoms with Gasteiger partial charge in [0.25, 0.3) is 0 Å². The molecule has 0 aromatic carbocycles. The van der Waals surface area contributed by atoms with Gasteiger partial charge < -0.3 is 15.2 Å². The van der Waals surface area contributed by atoms with Crippen molar-refractivity contribution in [3.05, 3.63) is 24.0 Å². The van der Waals surface area contributed by atoms with Gasteiger partial charge in [0.2, 0.25) is 0 Å². The van der Waals surface area contributed by atoms with Crippen LogP contribution in [0.2, 0.25) is 0 Å². The van der Waals surface area contributed by atoms with Crippen molar-refractivity contribution in [3.8, 4) is 5.75 Å².